The monoisotopic (exact) mass is 527 g/mol. The Kier molecular flexibility index (Phi) is 7.10. The number of hydrogen-bond acceptors (Lipinski definition) is 7. The smallest absolute Gasteiger partial charge is 0.211 e. The van der Waals surface area contributed by atoms with Gasteiger partial charge in [0.2, 0.25) is 11.8 Å². The van der Waals surface area contributed by atoms with Gasteiger partial charge in [-0.25, -0.2) is 9.98 Å². The molecule has 0 aromatic heterocycles. The normalized spacial score (nSPS) is 19.5. The molecule has 0 aliphatic carbocycles. The van der Waals surface area contributed by atoms with Crippen LogP contribution < -0.4 is 9.47 Å². The number of rotatable bonds is 6. The van der Waals surface area contributed by atoms with E-state index in [1.165, 1.54) is 14.2 Å². The van der Waals surface area contributed by atoms with Crippen molar-refractivity contribution in [1.82, 2.24) is 0 Å². The first-order valence-electron chi connectivity index (χ1n) is 9.72. The van der Waals surface area contributed by atoms with Crippen molar-refractivity contribution in [2.75, 3.05) is 27.4 Å². The van der Waals surface area contributed by atoms with Gasteiger partial charge in [-0.15, -0.1) is 0 Å². The summed E-state index contributed by atoms with van der Waals surface area (Å²) in [5, 5.41) is 11.2. The van der Waals surface area contributed by atoms with Crippen LogP contribution in [-0.2, 0) is 9.47 Å². The standard InChI is InChI=1S/C22H17Cl4N3O4/c1-30-19-13(23)3-10(4-14(19)24)17-8-32-21(28-17)12(7-27)22-29-18(9-33-22)11-5-15(25)20(31-2)16(26)6-11/h3-6,12,17-18H,8-9H2,1-2H3/t17-,18-/m0/s1. The molecule has 7 nitrogen and oxygen atoms in total. The van der Waals surface area contributed by atoms with E-state index in [1.54, 1.807) is 24.3 Å². The number of hydrogen-bond donors (Lipinski definition) is 0. The lowest BCUT2D eigenvalue weighted by Gasteiger charge is -2.10. The lowest BCUT2D eigenvalue weighted by Crippen LogP contribution is -2.23. The minimum Gasteiger partial charge on any atom is -0.494 e. The minimum absolute atomic E-state index is 0.218. The Balaban J connectivity index is 1.57. The van der Waals surface area contributed by atoms with E-state index in [4.69, 9.17) is 65.4 Å². The highest BCUT2D eigenvalue weighted by Crippen LogP contribution is 2.39. The quantitative estimate of drug-likeness (QED) is 0.452. The molecule has 0 spiro atoms. The van der Waals surface area contributed by atoms with Gasteiger partial charge in [-0.2, -0.15) is 5.26 Å². The van der Waals surface area contributed by atoms with E-state index in [1.807, 2.05) is 0 Å². The van der Waals surface area contributed by atoms with Gasteiger partial charge in [0.25, 0.3) is 0 Å². The summed E-state index contributed by atoms with van der Waals surface area (Å²) in [5.74, 6) is 0.317. The van der Waals surface area contributed by atoms with Crippen molar-refractivity contribution in [1.29, 1.82) is 5.26 Å². The molecule has 33 heavy (non-hydrogen) atoms. The summed E-state index contributed by atoms with van der Waals surface area (Å²) in [6.45, 7) is 0.458. The van der Waals surface area contributed by atoms with Crippen LogP contribution in [0.1, 0.15) is 23.2 Å². The van der Waals surface area contributed by atoms with Gasteiger partial charge in [0.15, 0.2) is 17.4 Å². The Morgan fingerprint density at radius 3 is 1.48 bits per heavy atom. The molecule has 2 heterocycles. The molecular weight excluding hydrogens is 512 g/mol. The number of methoxy groups -OCH3 is 2. The largest absolute Gasteiger partial charge is 0.494 e. The van der Waals surface area contributed by atoms with Gasteiger partial charge in [0.1, 0.15) is 25.3 Å². The van der Waals surface area contributed by atoms with E-state index in [0.29, 0.717) is 31.6 Å². The molecule has 0 bridgehead atoms. The van der Waals surface area contributed by atoms with Crippen molar-refractivity contribution in [3.63, 3.8) is 0 Å². The summed E-state index contributed by atoms with van der Waals surface area (Å²) in [4.78, 5) is 9.11. The molecule has 0 unspecified atom stereocenters. The van der Waals surface area contributed by atoms with Gasteiger partial charge in [-0.3, -0.25) is 0 Å². The van der Waals surface area contributed by atoms with Gasteiger partial charge in [0, 0.05) is 0 Å². The summed E-state index contributed by atoms with van der Waals surface area (Å²) in [6, 6.07) is 8.25. The highest BCUT2D eigenvalue weighted by atomic mass is 35.5. The van der Waals surface area contributed by atoms with Gasteiger partial charge >= 0.3 is 0 Å². The van der Waals surface area contributed by atoms with Crippen LogP contribution in [0, 0.1) is 17.2 Å². The Hall–Kier alpha value is -2.37. The van der Waals surface area contributed by atoms with Crippen molar-refractivity contribution in [2.24, 2.45) is 15.9 Å². The van der Waals surface area contributed by atoms with E-state index >= 15 is 0 Å². The second-order valence-corrected chi connectivity index (χ2v) is 8.81. The Morgan fingerprint density at radius 1 is 0.818 bits per heavy atom. The summed E-state index contributed by atoms with van der Waals surface area (Å²) in [7, 11) is 2.98. The second kappa shape index (κ2) is 9.86. The molecule has 2 aliphatic rings. The fourth-order valence-corrected chi connectivity index (χ4v) is 4.91. The van der Waals surface area contributed by atoms with E-state index in [9.17, 15) is 5.26 Å². The second-order valence-electron chi connectivity index (χ2n) is 7.19. The number of nitrogens with zero attached hydrogens (tertiary/aromatic N) is 3. The zero-order valence-corrected chi connectivity index (χ0v) is 20.5. The number of halogens is 4. The van der Waals surface area contributed by atoms with Crippen LogP contribution in [0.3, 0.4) is 0 Å². The number of nitriles is 1. The average Bonchev–Trinajstić information content (AvgIpc) is 3.45. The first-order chi connectivity index (χ1) is 15.9. The molecule has 2 atom stereocenters. The molecule has 0 saturated carbocycles. The minimum atomic E-state index is -0.895. The van der Waals surface area contributed by atoms with Crippen LogP contribution in [0.2, 0.25) is 20.1 Å². The summed E-state index contributed by atoms with van der Waals surface area (Å²) in [6.07, 6.45) is 0. The fraction of sp³-hybridized carbons (Fsp3) is 0.318. The maximum atomic E-state index is 9.78. The lowest BCUT2D eigenvalue weighted by molar-refractivity contribution is 0.292. The first kappa shape index (κ1) is 23.8. The van der Waals surface area contributed by atoms with E-state index in [2.05, 4.69) is 16.1 Å². The molecule has 172 valence electrons. The third-order valence-electron chi connectivity index (χ3n) is 5.19. The third kappa shape index (κ3) is 4.67. The lowest BCUT2D eigenvalue weighted by atomic mass is 10.1. The topological polar surface area (TPSA) is 85.4 Å². The zero-order valence-electron chi connectivity index (χ0n) is 17.4. The maximum absolute atomic E-state index is 9.78. The van der Waals surface area contributed by atoms with Gasteiger partial charge < -0.3 is 18.9 Å². The molecule has 0 fully saturated rings. The summed E-state index contributed by atoms with van der Waals surface area (Å²) < 4.78 is 21.8. The van der Waals surface area contributed by atoms with Crippen molar-refractivity contribution < 1.29 is 18.9 Å². The molecule has 2 aromatic carbocycles. The van der Waals surface area contributed by atoms with Crippen LogP contribution in [0.5, 0.6) is 11.5 Å². The molecule has 2 aliphatic heterocycles. The molecule has 0 saturated heterocycles. The molecule has 0 N–H and O–H groups in total. The average molecular weight is 529 g/mol. The number of benzene rings is 2. The van der Waals surface area contributed by atoms with Gasteiger partial charge in [-0.05, 0) is 35.4 Å². The van der Waals surface area contributed by atoms with Gasteiger partial charge in [-0.1, -0.05) is 46.4 Å². The number of aliphatic imine (C=N–C) groups is 2. The predicted molar refractivity (Wildman–Crippen MR) is 127 cm³/mol. The van der Waals surface area contributed by atoms with Crippen LogP contribution in [0.4, 0.5) is 0 Å². The van der Waals surface area contributed by atoms with Crippen molar-refractivity contribution in [3.05, 3.63) is 55.5 Å². The number of ether oxygens (including phenoxy) is 4. The molecule has 2 aromatic rings. The van der Waals surface area contributed by atoms with Crippen molar-refractivity contribution in [2.45, 2.75) is 12.1 Å². The van der Waals surface area contributed by atoms with Crippen LogP contribution in [0.25, 0.3) is 0 Å². The third-order valence-corrected chi connectivity index (χ3v) is 6.31. The molecule has 11 heteroatoms. The molecule has 0 radical (unpaired) electrons. The maximum Gasteiger partial charge on any atom is 0.211 e. The Bertz CT molecular complexity index is 1060. The van der Waals surface area contributed by atoms with Crippen LogP contribution in [0.15, 0.2) is 34.3 Å². The highest BCUT2D eigenvalue weighted by molar-refractivity contribution is 6.37. The highest BCUT2D eigenvalue weighted by Gasteiger charge is 2.36. The summed E-state index contributed by atoms with van der Waals surface area (Å²) in [5.41, 5.74) is 1.49. The van der Waals surface area contributed by atoms with Crippen LogP contribution in [-0.4, -0.2) is 39.2 Å². The van der Waals surface area contributed by atoms with Crippen LogP contribution >= 0.6 is 46.4 Å². The van der Waals surface area contributed by atoms with Crippen molar-refractivity contribution >= 4 is 58.2 Å². The zero-order chi connectivity index (χ0) is 23.7. The predicted octanol–water partition coefficient (Wildman–Crippen LogP) is 6.10. The SMILES string of the molecule is COc1c(Cl)cc([C@@H]2COC(C(C#N)C3=N[C@H](c4cc(Cl)c(OC)c(Cl)c4)CO3)=N2)cc1Cl. The van der Waals surface area contributed by atoms with E-state index < -0.39 is 5.92 Å². The van der Waals surface area contributed by atoms with E-state index in [0.717, 1.165) is 11.1 Å². The van der Waals surface area contributed by atoms with E-state index in [-0.39, 0.29) is 37.1 Å². The fourth-order valence-electron chi connectivity index (χ4n) is 3.59. The van der Waals surface area contributed by atoms with Gasteiger partial charge in [0.05, 0.1) is 40.4 Å². The molecular formula is C22H17Cl4N3O4. The first-order valence-corrected chi connectivity index (χ1v) is 11.2. The van der Waals surface area contributed by atoms with Crippen molar-refractivity contribution in [3.8, 4) is 17.6 Å². The molecule has 4 rings (SSSR count). The molecule has 0 amide bonds. The Morgan fingerprint density at radius 2 is 1.18 bits per heavy atom. The summed E-state index contributed by atoms with van der Waals surface area (Å²) >= 11 is 25.0. The Labute approximate surface area is 210 Å².